The molecular formula is C17H25N3S. The van der Waals surface area contributed by atoms with Gasteiger partial charge in [0, 0.05) is 38.9 Å². The Bertz CT molecular complexity index is 481. The number of hydrogen-bond donors (Lipinski definition) is 1. The second-order valence-electron chi connectivity index (χ2n) is 5.51. The van der Waals surface area contributed by atoms with Crippen LogP contribution >= 0.6 is 12.2 Å². The number of benzene rings is 1. The molecule has 114 valence electrons. The van der Waals surface area contributed by atoms with Crippen molar-refractivity contribution >= 4 is 23.0 Å². The number of thiocarbonyl (C=S) groups is 1. The summed E-state index contributed by atoms with van der Waals surface area (Å²) < 4.78 is 0. The van der Waals surface area contributed by atoms with Gasteiger partial charge in [-0.05, 0) is 43.1 Å². The molecule has 3 nitrogen and oxygen atoms in total. The molecule has 0 radical (unpaired) electrons. The summed E-state index contributed by atoms with van der Waals surface area (Å²) in [6, 6.07) is 8.67. The van der Waals surface area contributed by atoms with Crippen LogP contribution in [0.1, 0.15) is 24.8 Å². The minimum absolute atomic E-state index is 0.705. The number of piperidine rings is 1. The van der Waals surface area contributed by atoms with Crippen molar-refractivity contribution in [1.82, 2.24) is 10.2 Å². The largest absolute Gasteiger partial charge is 0.371 e. The van der Waals surface area contributed by atoms with Gasteiger partial charge in [-0.1, -0.05) is 24.3 Å². The van der Waals surface area contributed by atoms with E-state index in [0.29, 0.717) is 6.54 Å². The van der Waals surface area contributed by atoms with E-state index in [1.54, 1.807) is 0 Å². The number of rotatable bonds is 5. The Morgan fingerprint density at radius 2 is 2.05 bits per heavy atom. The summed E-state index contributed by atoms with van der Waals surface area (Å²) in [6.45, 7) is 7.57. The molecule has 0 bridgehead atoms. The molecule has 0 unspecified atom stereocenters. The third-order valence-electron chi connectivity index (χ3n) is 3.84. The number of nitrogens with zero attached hydrogens (tertiary/aromatic N) is 2. The molecular weight excluding hydrogens is 278 g/mol. The highest BCUT2D eigenvalue weighted by Gasteiger charge is 2.15. The molecule has 0 atom stereocenters. The lowest BCUT2D eigenvalue weighted by molar-refractivity contribution is 0.490. The van der Waals surface area contributed by atoms with Crippen LogP contribution in [-0.4, -0.2) is 36.7 Å². The van der Waals surface area contributed by atoms with Gasteiger partial charge >= 0.3 is 0 Å². The van der Waals surface area contributed by atoms with Crippen LogP contribution < -0.4 is 10.2 Å². The predicted molar refractivity (Wildman–Crippen MR) is 94.8 cm³/mol. The van der Waals surface area contributed by atoms with Crippen molar-refractivity contribution in [2.24, 2.45) is 0 Å². The van der Waals surface area contributed by atoms with Crippen molar-refractivity contribution in [3.63, 3.8) is 0 Å². The standard InChI is InChI=1S/C17H25N3S/c1-3-11-18-17(21)19(2)14-15-9-5-6-10-16(15)20-12-7-4-8-13-20/h3,5-6,9-10H,1,4,7-8,11-14H2,2H3,(H,18,21). The van der Waals surface area contributed by atoms with Crippen LogP contribution in [0.2, 0.25) is 0 Å². The van der Waals surface area contributed by atoms with Gasteiger partial charge in [0.15, 0.2) is 5.11 Å². The van der Waals surface area contributed by atoms with Crippen LogP contribution in [0.4, 0.5) is 5.69 Å². The summed E-state index contributed by atoms with van der Waals surface area (Å²) in [5.74, 6) is 0. The van der Waals surface area contributed by atoms with Crippen molar-refractivity contribution in [1.29, 1.82) is 0 Å². The van der Waals surface area contributed by atoms with Crippen molar-refractivity contribution in [3.05, 3.63) is 42.5 Å². The molecule has 1 aromatic carbocycles. The van der Waals surface area contributed by atoms with E-state index in [1.165, 1.54) is 43.6 Å². The minimum atomic E-state index is 0.705. The van der Waals surface area contributed by atoms with Gasteiger partial charge < -0.3 is 15.1 Å². The van der Waals surface area contributed by atoms with Crippen LogP contribution in [0.3, 0.4) is 0 Å². The zero-order valence-electron chi connectivity index (χ0n) is 12.8. The minimum Gasteiger partial charge on any atom is -0.371 e. The molecule has 0 amide bonds. The van der Waals surface area contributed by atoms with Gasteiger partial charge in [-0.15, -0.1) is 6.58 Å². The molecule has 1 fully saturated rings. The van der Waals surface area contributed by atoms with Crippen LogP contribution in [0.15, 0.2) is 36.9 Å². The van der Waals surface area contributed by atoms with Gasteiger partial charge in [0.2, 0.25) is 0 Å². The maximum absolute atomic E-state index is 5.39. The molecule has 0 spiro atoms. The number of para-hydroxylation sites is 1. The Balaban J connectivity index is 2.05. The zero-order valence-corrected chi connectivity index (χ0v) is 13.7. The second kappa shape index (κ2) is 8.03. The number of hydrogen-bond acceptors (Lipinski definition) is 2. The van der Waals surface area contributed by atoms with E-state index in [2.05, 4.69) is 46.0 Å². The highest BCUT2D eigenvalue weighted by molar-refractivity contribution is 7.80. The van der Waals surface area contributed by atoms with Crippen molar-refractivity contribution < 1.29 is 0 Å². The van der Waals surface area contributed by atoms with Gasteiger partial charge in [0.25, 0.3) is 0 Å². The second-order valence-corrected chi connectivity index (χ2v) is 5.89. The quantitative estimate of drug-likeness (QED) is 0.665. The Kier molecular flexibility index (Phi) is 6.05. The highest BCUT2D eigenvalue weighted by Crippen LogP contribution is 2.25. The SMILES string of the molecule is C=CCNC(=S)N(C)Cc1ccccc1N1CCCCC1. The third kappa shape index (κ3) is 4.46. The fraction of sp³-hybridized carbons (Fsp3) is 0.471. The maximum atomic E-state index is 5.39. The molecule has 0 aliphatic carbocycles. The summed E-state index contributed by atoms with van der Waals surface area (Å²) in [4.78, 5) is 4.59. The van der Waals surface area contributed by atoms with Gasteiger partial charge in [0.05, 0.1) is 0 Å². The lowest BCUT2D eigenvalue weighted by atomic mass is 10.1. The first kappa shape index (κ1) is 15.8. The smallest absolute Gasteiger partial charge is 0.169 e. The Labute approximate surface area is 133 Å². The summed E-state index contributed by atoms with van der Waals surface area (Å²) in [5, 5.41) is 3.94. The van der Waals surface area contributed by atoms with Crippen molar-refractivity contribution in [2.75, 3.05) is 31.6 Å². The Hall–Kier alpha value is -1.55. The average molecular weight is 303 g/mol. The predicted octanol–water partition coefficient (Wildman–Crippen LogP) is 3.17. The van der Waals surface area contributed by atoms with Crippen LogP contribution in [0.5, 0.6) is 0 Å². The van der Waals surface area contributed by atoms with E-state index in [9.17, 15) is 0 Å². The maximum Gasteiger partial charge on any atom is 0.169 e. The lowest BCUT2D eigenvalue weighted by Crippen LogP contribution is -2.37. The fourth-order valence-electron chi connectivity index (χ4n) is 2.71. The summed E-state index contributed by atoms with van der Waals surface area (Å²) in [7, 11) is 2.03. The normalized spacial score (nSPS) is 14.6. The first-order chi connectivity index (χ1) is 10.2. The summed E-state index contributed by atoms with van der Waals surface area (Å²) >= 11 is 5.39. The molecule has 0 saturated carbocycles. The van der Waals surface area contributed by atoms with E-state index < -0.39 is 0 Å². The van der Waals surface area contributed by atoms with E-state index >= 15 is 0 Å². The molecule has 21 heavy (non-hydrogen) atoms. The summed E-state index contributed by atoms with van der Waals surface area (Å²) in [6.07, 6.45) is 5.77. The topological polar surface area (TPSA) is 18.5 Å². The molecule has 1 N–H and O–H groups in total. The van der Waals surface area contributed by atoms with Gasteiger partial charge in [-0.25, -0.2) is 0 Å². The van der Waals surface area contributed by atoms with E-state index in [-0.39, 0.29) is 0 Å². The van der Waals surface area contributed by atoms with Gasteiger partial charge in [-0.2, -0.15) is 0 Å². The molecule has 1 heterocycles. The number of nitrogens with one attached hydrogen (secondary N) is 1. The zero-order chi connectivity index (χ0) is 15.1. The lowest BCUT2D eigenvalue weighted by Gasteiger charge is -2.32. The highest BCUT2D eigenvalue weighted by atomic mass is 32.1. The first-order valence-electron chi connectivity index (χ1n) is 7.65. The van der Waals surface area contributed by atoms with E-state index in [4.69, 9.17) is 12.2 Å². The molecule has 2 rings (SSSR count). The molecule has 0 aromatic heterocycles. The average Bonchev–Trinajstić information content (AvgIpc) is 2.54. The summed E-state index contributed by atoms with van der Waals surface area (Å²) in [5.41, 5.74) is 2.69. The molecule has 1 aromatic rings. The van der Waals surface area contributed by atoms with E-state index in [0.717, 1.165) is 11.7 Å². The van der Waals surface area contributed by atoms with Crippen LogP contribution in [0, 0.1) is 0 Å². The van der Waals surface area contributed by atoms with Gasteiger partial charge in [0.1, 0.15) is 0 Å². The monoisotopic (exact) mass is 303 g/mol. The van der Waals surface area contributed by atoms with Crippen molar-refractivity contribution in [2.45, 2.75) is 25.8 Å². The first-order valence-corrected chi connectivity index (χ1v) is 8.06. The van der Waals surface area contributed by atoms with Gasteiger partial charge in [-0.3, -0.25) is 0 Å². The van der Waals surface area contributed by atoms with Crippen LogP contribution in [0.25, 0.3) is 0 Å². The van der Waals surface area contributed by atoms with Crippen LogP contribution in [-0.2, 0) is 6.54 Å². The van der Waals surface area contributed by atoms with Crippen molar-refractivity contribution in [3.8, 4) is 0 Å². The Morgan fingerprint density at radius 3 is 2.76 bits per heavy atom. The Morgan fingerprint density at radius 1 is 1.33 bits per heavy atom. The fourth-order valence-corrected chi connectivity index (χ4v) is 2.86. The molecule has 4 heteroatoms. The van der Waals surface area contributed by atoms with E-state index in [1.807, 2.05) is 13.1 Å². The molecule has 1 aliphatic heterocycles. The molecule has 1 saturated heterocycles. The third-order valence-corrected chi connectivity index (χ3v) is 4.30. The molecule has 1 aliphatic rings. The number of anilines is 1.